The van der Waals surface area contributed by atoms with Gasteiger partial charge in [-0.3, -0.25) is 0 Å². The van der Waals surface area contributed by atoms with E-state index in [1.165, 1.54) is 17.7 Å². The van der Waals surface area contributed by atoms with Gasteiger partial charge in [0.2, 0.25) is 0 Å². The minimum absolute atomic E-state index is 0.0326. The van der Waals surface area contributed by atoms with E-state index in [1.807, 2.05) is 11.4 Å². The molecular formula is C10H10F3N3OS. The molecule has 0 aromatic carbocycles. The van der Waals surface area contributed by atoms with Crippen LogP contribution >= 0.6 is 11.3 Å². The molecular weight excluding hydrogens is 267 g/mol. The Morgan fingerprint density at radius 3 is 2.94 bits per heavy atom. The maximum Gasteiger partial charge on any atom is 0.411 e. The Hall–Kier alpha value is -1.41. The van der Waals surface area contributed by atoms with E-state index in [-0.39, 0.29) is 13.2 Å². The van der Waals surface area contributed by atoms with Crippen LogP contribution in [0.2, 0.25) is 0 Å². The van der Waals surface area contributed by atoms with E-state index in [0.717, 1.165) is 10.2 Å². The van der Waals surface area contributed by atoms with Gasteiger partial charge in [0.1, 0.15) is 23.6 Å². The van der Waals surface area contributed by atoms with Gasteiger partial charge in [-0.15, -0.1) is 11.3 Å². The van der Waals surface area contributed by atoms with Crippen LogP contribution in [0.5, 0.6) is 0 Å². The van der Waals surface area contributed by atoms with Crippen LogP contribution in [0.4, 0.5) is 19.0 Å². The number of anilines is 1. The van der Waals surface area contributed by atoms with Gasteiger partial charge < -0.3 is 10.1 Å². The number of fused-ring (bicyclic) bond motifs is 1. The average molecular weight is 277 g/mol. The number of thiophene rings is 1. The Kier molecular flexibility index (Phi) is 3.97. The SMILES string of the molecule is FC(F)(F)COCCNc1ncnc2sccc12. The standard InChI is InChI=1S/C10H10F3N3OS/c11-10(12,13)5-17-3-2-14-8-7-1-4-18-9(7)16-6-15-8/h1,4,6H,2-3,5H2,(H,14,15,16). The fourth-order valence-electron chi connectivity index (χ4n) is 1.36. The highest BCUT2D eigenvalue weighted by Crippen LogP contribution is 2.23. The van der Waals surface area contributed by atoms with Crippen molar-refractivity contribution in [2.45, 2.75) is 6.18 Å². The van der Waals surface area contributed by atoms with Gasteiger partial charge >= 0.3 is 6.18 Å². The maximum absolute atomic E-state index is 11.8. The van der Waals surface area contributed by atoms with Crippen LogP contribution in [0, 0.1) is 0 Å². The molecule has 0 radical (unpaired) electrons. The minimum Gasteiger partial charge on any atom is -0.370 e. The molecule has 0 spiro atoms. The van der Waals surface area contributed by atoms with Crippen molar-refractivity contribution >= 4 is 27.4 Å². The molecule has 8 heteroatoms. The summed E-state index contributed by atoms with van der Waals surface area (Å²) >= 11 is 1.48. The number of alkyl halides is 3. The second kappa shape index (κ2) is 5.49. The van der Waals surface area contributed by atoms with E-state index in [4.69, 9.17) is 0 Å². The van der Waals surface area contributed by atoms with Crippen LogP contribution in [-0.2, 0) is 4.74 Å². The van der Waals surface area contributed by atoms with Crippen molar-refractivity contribution in [2.75, 3.05) is 25.1 Å². The van der Waals surface area contributed by atoms with Crippen LogP contribution in [0.1, 0.15) is 0 Å². The van der Waals surface area contributed by atoms with E-state index in [0.29, 0.717) is 5.82 Å². The Morgan fingerprint density at radius 1 is 1.33 bits per heavy atom. The number of hydrogen-bond acceptors (Lipinski definition) is 5. The summed E-state index contributed by atoms with van der Waals surface area (Å²) < 4.78 is 39.9. The third kappa shape index (κ3) is 3.54. The molecule has 0 saturated heterocycles. The summed E-state index contributed by atoms with van der Waals surface area (Å²) in [7, 11) is 0. The first-order chi connectivity index (χ1) is 8.56. The van der Waals surface area contributed by atoms with Crippen molar-refractivity contribution in [1.82, 2.24) is 9.97 Å². The van der Waals surface area contributed by atoms with Gasteiger partial charge in [-0.1, -0.05) is 0 Å². The van der Waals surface area contributed by atoms with E-state index in [9.17, 15) is 13.2 Å². The highest BCUT2D eigenvalue weighted by Gasteiger charge is 2.27. The van der Waals surface area contributed by atoms with Crippen molar-refractivity contribution in [2.24, 2.45) is 0 Å². The van der Waals surface area contributed by atoms with Crippen LogP contribution in [-0.4, -0.2) is 35.9 Å². The summed E-state index contributed by atoms with van der Waals surface area (Å²) in [5, 5.41) is 5.66. The smallest absolute Gasteiger partial charge is 0.370 e. The third-order valence-corrected chi connectivity index (χ3v) is 2.89. The van der Waals surface area contributed by atoms with Crippen molar-refractivity contribution in [3.8, 4) is 0 Å². The molecule has 2 heterocycles. The normalized spacial score (nSPS) is 11.9. The zero-order valence-corrected chi connectivity index (χ0v) is 10.0. The summed E-state index contributed by atoms with van der Waals surface area (Å²) in [5.41, 5.74) is 0. The molecule has 1 N–H and O–H groups in total. The Morgan fingerprint density at radius 2 is 2.17 bits per heavy atom. The van der Waals surface area contributed by atoms with Crippen LogP contribution in [0.25, 0.3) is 10.2 Å². The molecule has 0 saturated carbocycles. The van der Waals surface area contributed by atoms with Gasteiger partial charge in [-0.2, -0.15) is 13.2 Å². The van der Waals surface area contributed by atoms with Gasteiger partial charge in [0.15, 0.2) is 0 Å². The predicted molar refractivity (Wildman–Crippen MR) is 62.8 cm³/mol. The lowest BCUT2D eigenvalue weighted by Gasteiger charge is -2.09. The molecule has 0 atom stereocenters. The number of rotatable bonds is 5. The fraction of sp³-hybridized carbons (Fsp3) is 0.400. The van der Waals surface area contributed by atoms with E-state index < -0.39 is 12.8 Å². The number of aromatic nitrogens is 2. The van der Waals surface area contributed by atoms with Gasteiger partial charge in [0, 0.05) is 6.54 Å². The van der Waals surface area contributed by atoms with E-state index >= 15 is 0 Å². The van der Waals surface area contributed by atoms with Gasteiger partial charge in [0.05, 0.1) is 12.0 Å². The molecule has 4 nitrogen and oxygen atoms in total. The van der Waals surface area contributed by atoms with Crippen molar-refractivity contribution in [3.63, 3.8) is 0 Å². The van der Waals surface area contributed by atoms with Crippen molar-refractivity contribution < 1.29 is 17.9 Å². The number of halogens is 3. The lowest BCUT2D eigenvalue weighted by molar-refractivity contribution is -0.172. The molecule has 2 aromatic heterocycles. The number of hydrogen-bond donors (Lipinski definition) is 1. The first-order valence-corrected chi connectivity index (χ1v) is 6.01. The molecule has 0 amide bonds. The predicted octanol–water partition coefficient (Wildman–Crippen LogP) is 2.68. The summed E-state index contributed by atoms with van der Waals surface area (Å²) in [6.45, 7) is -1.00. The Labute approximate surface area is 105 Å². The molecule has 0 aliphatic rings. The lowest BCUT2D eigenvalue weighted by atomic mass is 10.4. The molecule has 0 bridgehead atoms. The molecule has 2 aromatic rings. The molecule has 0 unspecified atom stereocenters. The first-order valence-electron chi connectivity index (χ1n) is 5.13. The van der Waals surface area contributed by atoms with E-state index in [1.54, 1.807) is 0 Å². The number of ether oxygens (including phenoxy) is 1. The van der Waals surface area contributed by atoms with Crippen molar-refractivity contribution in [1.29, 1.82) is 0 Å². The largest absolute Gasteiger partial charge is 0.411 e. The van der Waals surface area contributed by atoms with Gasteiger partial charge in [-0.25, -0.2) is 9.97 Å². The summed E-state index contributed by atoms with van der Waals surface area (Å²) in [6, 6.07) is 1.86. The molecule has 98 valence electrons. The maximum atomic E-state index is 11.8. The molecule has 0 aliphatic carbocycles. The first kappa shape index (κ1) is 13.0. The van der Waals surface area contributed by atoms with Crippen LogP contribution in [0.3, 0.4) is 0 Å². The molecule has 18 heavy (non-hydrogen) atoms. The quantitative estimate of drug-likeness (QED) is 0.854. The minimum atomic E-state index is -4.28. The lowest BCUT2D eigenvalue weighted by Crippen LogP contribution is -2.20. The average Bonchev–Trinajstić information content (AvgIpc) is 2.75. The number of nitrogens with zero attached hydrogens (tertiary/aromatic N) is 2. The van der Waals surface area contributed by atoms with Crippen LogP contribution < -0.4 is 5.32 Å². The monoisotopic (exact) mass is 277 g/mol. The van der Waals surface area contributed by atoms with Gasteiger partial charge in [-0.05, 0) is 11.4 Å². The summed E-state index contributed by atoms with van der Waals surface area (Å²) in [4.78, 5) is 8.93. The fourth-order valence-corrected chi connectivity index (χ4v) is 2.09. The zero-order chi connectivity index (χ0) is 13.0. The van der Waals surface area contributed by atoms with E-state index in [2.05, 4.69) is 20.0 Å². The highest BCUT2D eigenvalue weighted by atomic mass is 32.1. The molecule has 2 rings (SSSR count). The number of nitrogens with one attached hydrogen (secondary N) is 1. The summed E-state index contributed by atoms with van der Waals surface area (Å²) in [5.74, 6) is 0.608. The van der Waals surface area contributed by atoms with Crippen LogP contribution in [0.15, 0.2) is 17.8 Å². The Balaban J connectivity index is 1.82. The highest BCUT2D eigenvalue weighted by molar-refractivity contribution is 7.16. The van der Waals surface area contributed by atoms with Crippen molar-refractivity contribution in [3.05, 3.63) is 17.8 Å². The molecule has 0 aliphatic heterocycles. The topological polar surface area (TPSA) is 47.0 Å². The second-order valence-electron chi connectivity index (χ2n) is 3.46. The molecule has 0 fully saturated rings. The van der Waals surface area contributed by atoms with Gasteiger partial charge in [0.25, 0.3) is 0 Å². The summed E-state index contributed by atoms with van der Waals surface area (Å²) in [6.07, 6.45) is -2.87. The zero-order valence-electron chi connectivity index (χ0n) is 9.20. The second-order valence-corrected chi connectivity index (χ2v) is 4.35. The third-order valence-electron chi connectivity index (χ3n) is 2.07. The Bertz CT molecular complexity index is 514.